The van der Waals surface area contributed by atoms with Gasteiger partial charge < -0.3 is 24.7 Å². The molecule has 160 valence electrons. The van der Waals surface area contributed by atoms with Gasteiger partial charge in [0, 0.05) is 5.02 Å². The number of fused-ring (bicyclic) bond motifs is 1. The molecule has 0 bridgehead atoms. The number of nitrogen functional groups attached to an aromatic ring is 1. The van der Waals surface area contributed by atoms with E-state index in [0.717, 1.165) is 36.3 Å². The smallest absolute Gasteiger partial charge is 0.337 e. The largest absolute Gasteiger partial charge is 0.490 e. The second kappa shape index (κ2) is 8.84. The van der Waals surface area contributed by atoms with Crippen molar-refractivity contribution in [3.63, 3.8) is 0 Å². The van der Waals surface area contributed by atoms with Crippen LogP contribution in [0.3, 0.4) is 0 Å². The second-order valence-electron chi connectivity index (χ2n) is 7.77. The lowest BCUT2D eigenvalue weighted by Crippen LogP contribution is -2.51. The van der Waals surface area contributed by atoms with Crippen LogP contribution in [0.25, 0.3) is 0 Å². The van der Waals surface area contributed by atoms with Gasteiger partial charge in [0.05, 0.1) is 37.0 Å². The summed E-state index contributed by atoms with van der Waals surface area (Å²) in [4.78, 5) is 11.7. The second-order valence-corrected chi connectivity index (χ2v) is 8.21. The summed E-state index contributed by atoms with van der Waals surface area (Å²) in [6.07, 6.45) is 3.29. The van der Waals surface area contributed by atoms with E-state index in [0.29, 0.717) is 36.8 Å². The van der Waals surface area contributed by atoms with Gasteiger partial charge in [-0.2, -0.15) is 0 Å². The van der Waals surface area contributed by atoms with Gasteiger partial charge >= 0.3 is 5.97 Å². The van der Waals surface area contributed by atoms with Gasteiger partial charge in [0.2, 0.25) is 0 Å². The number of aryl methyl sites for hydroxylation is 1. The SMILES string of the molecule is COC(=O)c1ccc(OC[C@@]2(C3OCCCO3)CCCc3cc(Cl)ccc32)c(N)c1. The fourth-order valence-electron chi connectivity index (χ4n) is 4.38. The number of rotatable bonds is 5. The van der Waals surface area contributed by atoms with Gasteiger partial charge in [0.15, 0.2) is 6.29 Å². The fourth-order valence-corrected chi connectivity index (χ4v) is 4.58. The molecule has 0 spiro atoms. The van der Waals surface area contributed by atoms with Crippen LogP contribution in [0.1, 0.15) is 40.7 Å². The number of benzene rings is 2. The number of nitrogens with two attached hydrogens (primary N) is 1. The third kappa shape index (κ3) is 4.00. The molecule has 0 aromatic heterocycles. The lowest BCUT2D eigenvalue weighted by atomic mass is 9.69. The van der Waals surface area contributed by atoms with Gasteiger partial charge in [-0.1, -0.05) is 17.7 Å². The Labute approximate surface area is 181 Å². The third-order valence-corrected chi connectivity index (χ3v) is 6.10. The predicted octanol–water partition coefficient (Wildman–Crippen LogP) is 4.12. The van der Waals surface area contributed by atoms with Crippen LogP contribution >= 0.6 is 11.6 Å². The van der Waals surface area contributed by atoms with Gasteiger partial charge in [0.1, 0.15) is 12.4 Å². The van der Waals surface area contributed by atoms with E-state index >= 15 is 0 Å². The topological polar surface area (TPSA) is 80.0 Å². The van der Waals surface area contributed by atoms with Crippen LogP contribution in [0.4, 0.5) is 5.69 Å². The normalized spacial score (nSPS) is 21.7. The summed E-state index contributed by atoms with van der Waals surface area (Å²) in [5.74, 6) is 0.0748. The molecule has 0 amide bonds. The number of ether oxygens (including phenoxy) is 4. The average Bonchev–Trinajstić information content (AvgIpc) is 2.78. The first-order valence-electron chi connectivity index (χ1n) is 10.2. The minimum atomic E-state index is -0.466. The van der Waals surface area contributed by atoms with Crippen molar-refractivity contribution in [1.82, 2.24) is 0 Å². The van der Waals surface area contributed by atoms with Crippen molar-refractivity contribution in [3.8, 4) is 5.75 Å². The molecule has 7 heteroatoms. The van der Waals surface area contributed by atoms with Crippen LogP contribution in [0.2, 0.25) is 5.02 Å². The van der Waals surface area contributed by atoms with E-state index in [9.17, 15) is 4.79 Å². The van der Waals surface area contributed by atoms with E-state index in [2.05, 4.69) is 6.07 Å². The number of methoxy groups -OCH3 is 1. The van der Waals surface area contributed by atoms with Gasteiger partial charge in [-0.05, 0) is 67.1 Å². The Morgan fingerprint density at radius 2 is 2.00 bits per heavy atom. The lowest BCUT2D eigenvalue weighted by molar-refractivity contribution is -0.222. The van der Waals surface area contributed by atoms with Crippen molar-refractivity contribution in [1.29, 1.82) is 0 Å². The Hall–Kier alpha value is -2.28. The number of carbonyl (C=O) groups is 1. The van der Waals surface area contributed by atoms with Crippen molar-refractivity contribution < 1.29 is 23.7 Å². The number of halogens is 1. The maximum Gasteiger partial charge on any atom is 0.337 e. The van der Waals surface area contributed by atoms with Crippen LogP contribution < -0.4 is 10.5 Å². The van der Waals surface area contributed by atoms with Crippen LogP contribution in [0.5, 0.6) is 5.75 Å². The molecule has 1 atom stereocenters. The molecule has 1 fully saturated rings. The zero-order valence-electron chi connectivity index (χ0n) is 17.0. The highest BCUT2D eigenvalue weighted by Crippen LogP contribution is 2.44. The van der Waals surface area contributed by atoms with E-state index in [1.165, 1.54) is 12.7 Å². The molecule has 2 aromatic carbocycles. The van der Waals surface area contributed by atoms with Gasteiger partial charge in [-0.3, -0.25) is 0 Å². The van der Waals surface area contributed by atoms with Gasteiger partial charge in [-0.15, -0.1) is 0 Å². The van der Waals surface area contributed by atoms with Crippen molar-refractivity contribution in [2.45, 2.75) is 37.4 Å². The standard InChI is InChI=1S/C23H26ClNO5/c1-27-21(26)16-5-8-20(19(25)13-16)30-14-23(22-28-10-3-11-29-22)9-2-4-15-12-17(24)6-7-18(15)23/h5-8,12-13,22H,2-4,9-11,14,25H2,1H3/t23-/m0/s1. The summed E-state index contributed by atoms with van der Waals surface area (Å²) in [5.41, 5.74) is 8.80. The summed E-state index contributed by atoms with van der Waals surface area (Å²) in [7, 11) is 1.34. The van der Waals surface area contributed by atoms with Gasteiger partial charge in [0.25, 0.3) is 0 Å². The zero-order valence-corrected chi connectivity index (χ0v) is 17.7. The maximum atomic E-state index is 11.7. The van der Waals surface area contributed by atoms with Crippen LogP contribution in [0.15, 0.2) is 36.4 Å². The van der Waals surface area contributed by atoms with Gasteiger partial charge in [-0.25, -0.2) is 4.79 Å². The Bertz CT molecular complexity index is 928. The fraction of sp³-hybridized carbons (Fsp3) is 0.435. The third-order valence-electron chi connectivity index (χ3n) is 5.87. The first kappa shape index (κ1) is 21.0. The number of carbonyl (C=O) groups excluding carboxylic acids is 1. The van der Waals surface area contributed by atoms with Crippen LogP contribution in [0, 0.1) is 0 Å². The first-order chi connectivity index (χ1) is 14.5. The van der Waals surface area contributed by atoms with E-state index in [-0.39, 0.29) is 0 Å². The summed E-state index contributed by atoms with van der Waals surface area (Å²) < 4.78 is 23.1. The molecule has 2 aliphatic rings. The van der Waals surface area contributed by atoms with Crippen LogP contribution in [-0.4, -0.2) is 39.2 Å². The van der Waals surface area contributed by atoms with E-state index < -0.39 is 17.7 Å². The first-order valence-corrected chi connectivity index (χ1v) is 10.5. The highest BCUT2D eigenvalue weighted by Gasteiger charge is 2.47. The maximum absolute atomic E-state index is 11.7. The molecule has 1 aliphatic heterocycles. The molecule has 0 radical (unpaired) electrons. The van der Waals surface area contributed by atoms with Crippen molar-refractivity contribution in [2.75, 3.05) is 32.7 Å². The van der Waals surface area contributed by atoms with E-state index in [1.54, 1.807) is 18.2 Å². The molecule has 1 saturated heterocycles. The molecule has 1 aliphatic carbocycles. The molecule has 0 unspecified atom stereocenters. The number of esters is 1. The Balaban J connectivity index is 1.65. The Morgan fingerprint density at radius 3 is 2.73 bits per heavy atom. The quantitative estimate of drug-likeness (QED) is 0.566. The summed E-state index contributed by atoms with van der Waals surface area (Å²) >= 11 is 6.25. The average molecular weight is 432 g/mol. The Morgan fingerprint density at radius 1 is 1.20 bits per heavy atom. The molecular formula is C23H26ClNO5. The molecular weight excluding hydrogens is 406 g/mol. The Kier molecular flexibility index (Phi) is 6.18. The minimum Gasteiger partial charge on any atom is -0.490 e. The number of hydrogen-bond donors (Lipinski definition) is 1. The molecule has 4 rings (SSSR count). The monoisotopic (exact) mass is 431 g/mol. The molecule has 2 N–H and O–H groups in total. The van der Waals surface area contributed by atoms with E-state index in [1.807, 2.05) is 12.1 Å². The summed E-state index contributed by atoms with van der Waals surface area (Å²) in [6.45, 7) is 1.66. The van der Waals surface area contributed by atoms with Crippen molar-refractivity contribution in [2.24, 2.45) is 0 Å². The predicted molar refractivity (Wildman–Crippen MR) is 114 cm³/mol. The highest BCUT2D eigenvalue weighted by molar-refractivity contribution is 6.30. The molecule has 30 heavy (non-hydrogen) atoms. The number of anilines is 1. The van der Waals surface area contributed by atoms with E-state index in [4.69, 9.17) is 36.3 Å². The van der Waals surface area contributed by atoms with Crippen LogP contribution in [-0.2, 0) is 26.0 Å². The lowest BCUT2D eigenvalue weighted by Gasteiger charge is -2.45. The summed E-state index contributed by atoms with van der Waals surface area (Å²) in [6, 6.07) is 10.9. The summed E-state index contributed by atoms with van der Waals surface area (Å²) in [5, 5.41) is 0.721. The van der Waals surface area contributed by atoms with Crippen molar-refractivity contribution >= 4 is 23.3 Å². The molecule has 0 saturated carbocycles. The zero-order chi connectivity index (χ0) is 21.1. The number of hydrogen-bond acceptors (Lipinski definition) is 6. The minimum absolute atomic E-state index is 0.341. The molecule has 1 heterocycles. The molecule has 6 nitrogen and oxygen atoms in total. The molecule has 2 aromatic rings. The van der Waals surface area contributed by atoms with Crippen molar-refractivity contribution in [3.05, 3.63) is 58.1 Å². The highest BCUT2D eigenvalue weighted by atomic mass is 35.5.